The van der Waals surface area contributed by atoms with Crippen LogP contribution >= 0.6 is 0 Å². The van der Waals surface area contributed by atoms with Crippen LogP contribution in [0, 0.1) is 0 Å². The number of hydrogen-bond donors (Lipinski definition) is 0. The number of allylic oxidation sites excluding steroid dienone is 2. The van der Waals surface area contributed by atoms with Crippen molar-refractivity contribution in [2.45, 2.75) is 79.1 Å². The Hall–Kier alpha value is -0.960. The predicted octanol–water partition coefficient (Wildman–Crippen LogP) is 6.00. The van der Waals surface area contributed by atoms with Crippen LogP contribution in [0.4, 0.5) is 0 Å². The first-order valence-electron chi connectivity index (χ1n) is 9.45. The Labute approximate surface area is 144 Å². The van der Waals surface area contributed by atoms with E-state index in [1.807, 2.05) is 12.5 Å². The van der Waals surface area contributed by atoms with E-state index in [4.69, 9.17) is 14.2 Å². The molecule has 0 bridgehead atoms. The molecule has 0 aliphatic heterocycles. The van der Waals surface area contributed by atoms with Gasteiger partial charge in [0, 0.05) is 0 Å². The first kappa shape index (κ1) is 22.0. The summed E-state index contributed by atoms with van der Waals surface area (Å²) in [7, 11) is 0. The smallest absolute Gasteiger partial charge is 0.111 e. The molecule has 0 unspecified atom stereocenters. The molecule has 0 heterocycles. The fourth-order valence-corrected chi connectivity index (χ4v) is 2.12. The van der Waals surface area contributed by atoms with E-state index in [0.29, 0.717) is 26.4 Å². The summed E-state index contributed by atoms with van der Waals surface area (Å²) in [6, 6.07) is 0. The van der Waals surface area contributed by atoms with E-state index in [0.717, 1.165) is 25.7 Å². The Morgan fingerprint density at radius 1 is 0.652 bits per heavy atom. The Bertz CT molecular complexity index is 278. The second-order valence-corrected chi connectivity index (χ2v) is 5.82. The molecule has 0 radical (unpaired) electrons. The maximum Gasteiger partial charge on any atom is 0.111 e. The molecule has 0 atom stereocenters. The first-order chi connectivity index (χ1) is 11.3. The van der Waals surface area contributed by atoms with E-state index >= 15 is 0 Å². The fourth-order valence-electron chi connectivity index (χ4n) is 2.12. The molecule has 0 spiro atoms. The summed E-state index contributed by atoms with van der Waals surface area (Å²) in [5.74, 6) is 0. The number of ether oxygens (including phenoxy) is 3. The van der Waals surface area contributed by atoms with Crippen LogP contribution in [0.2, 0.25) is 0 Å². The van der Waals surface area contributed by atoms with Crippen molar-refractivity contribution in [3.8, 4) is 0 Å². The highest BCUT2D eigenvalue weighted by Crippen LogP contribution is 2.11. The standard InChI is InChI=1S/C20H38O3/c1-5-9-11-19(7-3)17-22-15-13-21-14-16-23-18-20(8-4)12-10-6-2/h17-18H,5-16H2,1-4H3. The average molecular weight is 327 g/mol. The molecule has 0 N–H and O–H groups in total. The monoisotopic (exact) mass is 326 g/mol. The second-order valence-electron chi connectivity index (χ2n) is 5.82. The molecule has 0 saturated carbocycles. The Kier molecular flexibility index (Phi) is 16.7. The maximum absolute atomic E-state index is 5.55. The number of unbranched alkanes of at least 4 members (excludes halogenated alkanes) is 2. The third-order valence-corrected chi connectivity index (χ3v) is 3.80. The topological polar surface area (TPSA) is 27.7 Å². The van der Waals surface area contributed by atoms with Gasteiger partial charge in [0.2, 0.25) is 0 Å². The molecule has 0 fully saturated rings. The summed E-state index contributed by atoms with van der Waals surface area (Å²) in [6.07, 6.45) is 13.2. The molecule has 3 heteroatoms. The lowest BCUT2D eigenvalue weighted by Crippen LogP contribution is -2.07. The van der Waals surface area contributed by atoms with Gasteiger partial charge in [0.05, 0.1) is 25.7 Å². The van der Waals surface area contributed by atoms with E-state index in [2.05, 4.69) is 27.7 Å². The van der Waals surface area contributed by atoms with E-state index in [1.165, 1.54) is 36.8 Å². The Balaban J connectivity index is 3.58. The summed E-state index contributed by atoms with van der Waals surface area (Å²) >= 11 is 0. The predicted molar refractivity (Wildman–Crippen MR) is 98.5 cm³/mol. The van der Waals surface area contributed by atoms with Crippen molar-refractivity contribution in [3.63, 3.8) is 0 Å². The molecule has 0 saturated heterocycles. The zero-order chi connectivity index (χ0) is 17.2. The largest absolute Gasteiger partial charge is 0.499 e. The molecule has 136 valence electrons. The number of hydrogen-bond acceptors (Lipinski definition) is 3. The maximum atomic E-state index is 5.55. The zero-order valence-corrected chi connectivity index (χ0v) is 15.9. The van der Waals surface area contributed by atoms with Crippen LogP contribution in [0.1, 0.15) is 79.1 Å². The normalized spacial score (nSPS) is 12.5. The SMILES string of the molecule is CCCCC(=COCCOCCOC=C(CC)CCCC)CC. The van der Waals surface area contributed by atoms with Crippen molar-refractivity contribution in [2.75, 3.05) is 26.4 Å². The molecule has 0 aromatic heterocycles. The average Bonchev–Trinajstić information content (AvgIpc) is 2.58. The van der Waals surface area contributed by atoms with Gasteiger partial charge in [-0.3, -0.25) is 0 Å². The van der Waals surface area contributed by atoms with Gasteiger partial charge in [-0.2, -0.15) is 0 Å². The van der Waals surface area contributed by atoms with Crippen LogP contribution < -0.4 is 0 Å². The van der Waals surface area contributed by atoms with E-state index < -0.39 is 0 Å². The van der Waals surface area contributed by atoms with Crippen LogP contribution in [0.3, 0.4) is 0 Å². The molecule has 0 rings (SSSR count). The molecule has 0 amide bonds. The van der Waals surface area contributed by atoms with Gasteiger partial charge >= 0.3 is 0 Å². The second kappa shape index (κ2) is 17.4. The highest BCUT2D eigenvalue weighted by molar-refractivity contribution is 4.97. The van der Waals surface area contributed by atoms with E-state index in [1.54, 1.807) is 0 Å². The lowest BCUT2D eigenvalue weighted by atomic mass is 10.1. The molecule has 0 aromatic rings. The van der Waals surface area contributed by atoms with Crippen LogP contribution in [-0.2, 0) is 14.2 Å². The summed E-state index contributed by atoms with van der Waals surface area (Å²) in [5, 5.41) is 0. The quantitative estimate of drug-likeness (QED) is 0.257. The summed E-state index contributed by atoms with van der Waals surface area (Å²) < 4.78 is 16.6. The van der Waals surface area contributed by atoms with Gasteiger partial charge in [-0.15, -0.1) is 0 Å². The molecule has 0 aliphatic rings. The molecular weight excluding hydrogens is 288 g/mol. The van der Waals surface area contributed by atoms with Gasteiger partial charge in [-0.1, -0.05) is 40.5 Å². The first-order valence-corrected chi connectivity index (χ1v) is 9.45. The van der Waals surface area contributed by atoms with Gasteiger partial charge < -0.3 is 14.2 Å². The molecule has 23 heavy (non-hydrogen) atoms. The number of rotatable bonds is 16. The van der Waals surface area contributed by atoms with Crippen molar-refractivity contribution in [3.05, 3.63) is 23.7 Å². The molecule has 0 aliphatic carbocycles. The molecular formula is C20H38O3. The van der Waals surface area contributed by atoms with Crippen molar-refractivity contribution in [1.29, 1.82) is 0 Å². The molecule has 0 aromatic carbocycles. The third-order valence-electron chi connectivity index (χ3n) is 3.80. The lowest BCUT2D eigenvalue weighted by Gasteiger charge is -2.08. The Morgan fingerprint density at radius 2 is 1.09 bits per heavy atom. The van der Waals surface area contributed by atoms with Crippen molar-refractivity contribution < 1.29 is 14.2 Å². The van der Waals surface area contributed by atoms with Gasteiger partial charge in [0.15, 0.2) is 0 Å². The van der Waals surface area contributed by atoms with Crippen LogP contribution in [-0.4, -0.2) is 26.4 Å². The minimum absolute atomic E-state index is 0.613. The lowest BCUT2D eigenvalue weighted by molar-refractivity contribution is 0.0547. The van der Waals surface area contributed by atoms with Crippen LogP contribution in [0.25, 0.3) is 0 Å². The van der Waals surface area contributed by atoms with Gasteiger partial charge in [0.1, 0.15) is 13.2 Å². The summed E-state index contributed by atoms with van der Waals surface area (Å²) in [6.45, 7) is 11.2. The van der Waals surface area contributed by atoms with E-state index in [-0.39, 0.29) is 0 Å². The summed E-state index contributed by atoms with van der Waals surface area (Å²) in [5.41, 5.74) is 2.78. The van der Waals surface area contributed by atoms with Gasteiger partial charge in [0.25, 0.3) is 0 Å². The minimum Gasteiger partial charge on any atom is -0.499 e. The zero-order valence-electron chi connectivity index (χ0n) is 15.9. The Morgan fingerprint density at radius 3 is 1.43 bits per heavy atom. The van der Waals surface area contributed by atoms with Crippen molar-refractivity contribution >= 4 is 0 Å². The van der Waals surface area contributed by atoms with Crippen LogP contribution in [0.15, 0.2) is 23.7 Å². The van der Waals surface area contributed by atoms with Crippen molar-refractivity contribution in [2.24, 2.45) is 0 Å². The molecule has 3 nitrogen and oxygen atoms in total. The van der Waals surface area contributed by atoms with E-state index in [9.17, 15) is 0 Å². The third kappa shape index (κ3) is 14.4. The highest BCUT2D eigenvalue weighted by Gasteiger charge is 1.96. The van der Waals surface area contributed by atoms with Gasteiger partial charge in [-0.25, -0.2) is 0 Å². The summed E-state index contributed by atoms with van der Waals surface area (Å²) in [4.78, 5) is 0. The fraction of sp³-hybridized carbons (Fsp3) is 0.800. The van der Waals surface area contributed by atoms with Gasteiger partial charge in [-0.05, 0) is 49.7 Å². The minimum atomic E-state index is 0.613. The van der Waals surface area contributed by atoms with Crippen molar-refractivity contribution in [1.82, 2.24) is 0 Å². The van der Waals surface area contributed by atoms with Crippen LogP contribution in [0.5, 0.6) is 0 Å². The highest BCUT2D eigenvalue weighted by atomic mass is 16.5.